The summed E-state index contributed by atoms with van der Waals surface area (Å²) in [5.41, 5.74) is 0.868. The van der Waals surface area contributed by atoms with Crippen molar-refractivity contribution in [2.45, 2.75) is 32.7 Å². The van der Waals surface area contributed by atoms with Gasteiger partial charge in [0.1, 0.15) is 6.07 Å². The molecule has 0 amide bonds. The first-order valence-corrected chi connectivity index (χ1v) is 12.1. The molecule has 172 valence electrons. The van der Waals surface area contributed by atoms with Gasteiger partial charge in [-0.25, -0.2) is 13.1 Å². The standard InChI is InChI=1S/C22H34N4O4S/c1-4-29-14-9-22(2,3)25-31(27,28)21(18-23)17-19-5-7-20(8-6-19)24-10-11-26-12-15-30-16-13-26/h5-8,17,24-25H,4,9-16H2,1-3H3/b21-17+. The number of hydrogen-bond donors (Lipinski definition) is 2. The molecule has 8 nitrogen and oxygen atoms in total. The molecule has 0 bridgehead atoms. The van der Waals surface area contributed by atoms with Gasteiger partial charge in [-0.3, -0.25) is 4.90 Å². The Bertz CT molecular complexity index is 854. The number of morpholine rings is 1. The number of hydrogen-bond acceptors (Lipinski definition) is 7. The van der Waals surface area contributed by atoms with Gasteiger partial charge in [-0.15, -0.1) is 0 Å². The van der Waals surface area contributed by atoms with Crippen LogP contribution in [0.4, 0.5) is 5.69 Å². The molecule has 0 radical (unpaired) electrons. The molecule has 0 aliphatic carbocycles. The molecular formula is C22H34N4O4S. The Labute approximate surface area is 186 Å². The molecule has 9 heteroatoms. The summed E-state index contributed by atoms with van der Waals surface area (Å²) < 4.78 is 38.7. The number of sulfonamides is 1. The molecule has 0 atom stereocenters. The normalized spacial score (nSPS) is 16.1. The van der Waals surface area contributed by atoms with Gasteiger partial charge >= 0.3 is 0 Å². The maximum Gasteiger partial charge on any atom is 0.251 e. The van der Waals surface area contributed by atoms with Gasteiger partial charge in [-0.2, -0.15) is 5.26 Å². The summed E-state index contributed by atoms with van der Waals surface area (Å²) in [5.74, 6) is 0. The van der Waals surface area contributed by atoms with Crippen LogP contribution in [0.2, 0.25) is 0 Å². The second-order valence-electron chi connectivity index (χ2n) is 8.06. The number of benzene rings is 1. The third-order valence-corrected chi connectivity index (χ3v) is 6.56. The number of nitrogens with zero attached hydrogens (tertiary/aromatic N) is 2. The molecule has 1 fully saturated rings. The van der Waals surface area contributed by atoms with E-state index in [9.17, 15) is 13.7 Å². The number of nitrogens with one attached hydrogen (secondary N) is 2. The van der Waals surface area contributed by atoms with Gasteiger partial charge in [0.2, 0.25) is 0 Å². The summed E-state index contributed by atoms with van der Waals surface area (Å²) in [6.45, 7) is 11.7. The Hall–Kier alpha value is -1.96. The summed E-state index contributed by atoms with van der Waals surface area (Å²) in [6, 6.07) is 9.17. The minimum absolute atomic E-state index is 0.315. The van der Waals surface area contributed by atoms with Crippen LogP contribution in [0, 0.1) is 11.3 Å². The van der Waals surface area contributed by atoms with E-state index < -0.39 is 15.6 Å². The van der Waals surface area contributed by atoms with Crippen molar-refractivity contribution >= 4 is 21.8 Å². The van der Waals surface area contributed by atoms with Gasteiger partial charge in [-0.1, -0.05) is 12.1 Å². The van der Waals surface area contributed by atoms with Crippen molar-refractivity contribution in [3.05, 3.63) is 34.7 Å². The van der Waals surface area contributed by atoms with Crippen molar-refractivity contribution < 1.29 is 17.9 Å². The molecule has 1 saturated heterocycles. The molecule has 1 aliphatic heterocycles. The highest BCUT2D eigenvalue weighted by Gasteiger charge is 2.27. The van der Waals surface area contributed by atoms with Gasteiger partial charge in [0.05, 0.1) is 13.2 Å². The third-order valence-electron chi connectivity index (χ3n) is 4.96. The minimum atomic E-state index is -3.94. The average Bonchev–Trinajstić information content (AvgIpc) is 2.73. The first kappa shape index (κ1) is 25.3. The minimum Gasteiger partial charge on any atom is -0.384 e. The van der Waals surface area contributed by atoms with Crippen LogP contribution in [-0.4, -0.2) is 71.5 Å². The smallest absolute Gasteiger partial charge is 0.251 e. The molecule has 0 saturated carbocycles. The quantitative estimate of drug-likeness (QED) is 0.372. The van der Waals surface area contributed by atoms with Gasteiger partial charge in [0.15, 0.2) is 4.91 Å². The Balaban J connectivity index is 1.95. The first-order chi connectivity index (χ1) is 14.8. The van der Waals surface area contributed by atoms with Crippen molar-refractivity contribution in [1.82, 2.24) is 9.62 Å². The predicted octanol–water partition coefficient (Wildman–Crippen LogP) is 2.42. The van der Waals surface area contributed by atoms with E-state index in [-0.39, 0.29) is 4.91 Å². The lowest BCUT2D eigenvalue weighted by molar-refractivity contribution is 0.0398. The number of anilines is 1. The lowest BCUT2D eigenvalue weighted by atomic mass is 10.0. The van der Waals surface area contributed by atoms with Crippen LogP contribution < -0.4 is 10.0 Å². The van der Waals surface area contributed by atoms with Crippen LogP contribution in [0.1, 0.15) is 32.8 Å². The summed E-state index contributed by atoms with van der Waals surface area (Å²) in [7, 11) is -3.94. The highest BCUT2D eigenvalue weighted by Crippen LogP contribution is 2.18. The molecule has 1 aromatic carbocycles. The zero-order valence-corrected chi connectivity index (χ0v) is 19.5. The Morgan fingerprint density at radius 1 is 1.29 bits per heavy atom. The molecule has 0 unspecified atom stereocenters. The molecule has 1 aliphatic rings. The Morgan fingerprint density at radius 3 is 2.58 bits per heavy atom. The largest absolute Gasteiger partial charge is 0.384 e. The van der Waals surface area contributed by atoms with E-state index >= 15 is 0 Å². The maximum absolute atomic E-state index is 12.7. The van der Waals surface area contributed by atoms with Crippen LogP contribution in [-0.2, 0) is 19.5 Å². The molecular weight excluding hydrogens is 416 g/mol. The number of nitriles is 1. The number of ether oxygens (including phenoxy) is 2. The van der Waals surface area contributed by atoms with E-state index in [1.165, 1.54) is 6.08 Å². The molecule has 31 heavy (non-hydrogen) atoms. The maximum atomic E-state index is 12.7. The van der Waals surface area contributed by atoms with Crippen LogP contribution >= 0.6 is 0 Å². The van der Waals surface area contributed by atoms with Gasteiger partial charge in [0, 0.05) is 50.6 Å². The van der Waals surface area contributed by atoms with E-state index in [4.69, 9.17) is 9.47 Å². The molecule has 2 N–H and O–H groups in total. The monoisotopic (exact) mass is 450 g/mol. The summed E-state index contributed by atoms with van der Waals surface area (Å²) in [4.78, 5) is 2.03. The second-order valence-corrected chi connectivity index (χ2v) is 9.71. The van der Waals surface area contributed by atoms with E-state index in [1.807, 2.05) is 25.1 Å². The van der Waals surface area contributed by atoms with Crippen molar-refractivity contribution in [2.75, 3.05) is 57.9 Å². The first-order valence-electron chi connectivity index (χ1n) is 10.6. The van der Waals surface area contributed by atoms with E-state index in [1.54, 1.807) is 26.0 Å². The lowest BCUT2D eigenvalue weighted by Crippen LogP contribution is -2.44. The van der Waals surface area contributed by atoms with E-state index in [2.05, 4.69) is 14.9 Å². The fourth-order valence-electron chi connectivity index (χ4n) is 3.14. The van der Waals surface area contributed by atoms with Crippen LogP contribution in [0.3, 0.4) is 0 Å². The molecule has 1 aromatic rings. The van der Waals surface area contributed by atoms with Crippen molar-refractivity contribution in [3.8, 4) is 6.07 Å². The predicted molar refractivity (Wildman–Crippen MR) is 123 cm³/mol. The topological polar surface area (TPSA) is 104 Å². The molecule has 2 rings (SSSR count). The fourth-order valence-corrected chi connectivity index (χ4v) is 4.49. The highest BCUT2D eigenvalue weighted by molar-refractivity contribution is 7.93. The third kappa shape index (κ3) is 8.97. The molecule has 1 heterocycles. The van der Waals surface area contributed by atoms with Crippen LogP contribution in [0.15, 0.2) is 29.2 Å². The second kappa shape index (κ2) is 12.2. The van der Waals surface area contributed by atoms with Crippen LogP contribution in [0.25, 0.3) is 6.08 Å². The summed E-state index contributed by atoms with van der Waals surface area (Å²) in [5, 5.41) is 12.8. The van der Waals surface area contributed by atoms with Crippen molar-refractivity contribution in [2.24, 2.45) is 0 Å². The fraction of sp³-hybridized carbons (Fsp3) is 0.591. The Kier molecular flexibility index (Phi) is 9.93. The number of rotatable bonds is 12. The molecule has 0 spiro atoms. The van der Waals surface area contributed by atoms with E-state index in [0.717, 1.165) is 45.1 Å². The van der Waals surface area contributed by atoms with Crippen LogP contribution in [0.5, 0.6) is 0 Å². The van der Waals surface area contributed by atoms with Crippen molar-refractivity contribution in [1.29, 1.82) is 5.26 Å². The molecule has 0 aromatic heterocycles. The van der Waals surface area contributed by atoms with Gasteiger partial charge in [-0.05, 0) is 51.0 Å². The van der Waals surface area contributed by atoms with E-state index in [0.29, 0.717) is 25.2 Å². The van der Waals surface area contributed by atoms with Crippen molar-refractivity contribution in [3.63, 3.8) is 0 Å². The summed E-state index contributed by atoms with van der Waals surface area (Å²) in [6.07, 6.45) is 1.89. The highest BCUT2D eigenvalue weighted by atomic mass is 32.2. The average molecular weight is 451 g/mol. The van der Waals surface area contributed by atoms with Gasteiger partial charge < -0.3 is 14.8 Å². The number of allylic oxidation sites excluding steroid dienone is 1. The van der Waals surface area contributed by atoms with Gasteiger partial charge in [0.25, 0.3) is 10.0 Å². The zero-order valence-electron chi connectivity index (χ0n) is 18.7. The zero-order chi connectivity index (χ0) is 22.7. The SMILES string of the molecule is CCOCCC(C)(C)NS(=O)(=O)/C(C#N)=C/c1ccc(NCCN2CCOCC2)cc1. The summed E-state index contributed by atoms with van der Waals surface area (Å²) >= 11 is 0. The lowest BCUT2D eigenvalue weighted by Gasteiger charge is -2.26. The Morgan fingerprint density at radius 2 is 1.97 bits per heavy atom.